The lowest BCUT2D eigenvalue weighted by atomic mass is 9.93. The highest BCUT2D eigenvalue weighted by Gasteiger charge is 2.39. The van der Waals surface area contributed by atoms with Crippen molar-refractivity contribution in [3.05, 3.63) is 215 Å². The topological polar surface area (TPSA) is 102 Å². The van der Waals surface area contributed by atoms with Crippen molar-refractivity contribution in [3.63, 3.8) is 0 Å². The molecular weight excluding hydrogens is 913 g/mol. The van der Waals surface area contributed by atoms with E-state index in [-0.39, 0.29) is 0 Å². The molecule has 0 atom stereocenters. The average molecular weight is 985 g/mol. The molecule has 4 aliphatic heterocycles. The molecule has 380 valence electrons. The summed E-state index contributed by atoms with van der Waals surface area (Å²) in [6.07, 6.45) is 18.9. The van der Waals surface area contributed by atoms with E-state index in [9.17, 15) is 0 Å². The molecule has 8 heterocycles. The van der Waals surface area contributed by atoms with Crippen LogP contribution in [-0.4, -0.2) is 101 Å². The Balaban J connectivity index is 0.000000100. The highest BCUT2D eigenvalue weighted by atomic mass is 15.4. The molecule has 0 radical (unpaired) electrons. The first-order chi connectivity index (χ1) is 36.7. The van der Waals surface area contributed by atoms with Crippen LogP contribution in [0, 0.1) is 0 Å². The lowest BCUT2D eigenvalue weighted by molar-refractivity contribution is 0.0665. The van der Waals surface area contributed by atoms with E-state index < -0.39 is 0 Å². The first kappa shape index (κ1) is 47.3. The summed E-state index contributed by atoms with van der Waals surface area (Å²) in [6.45, 7) is 8.62. The fourth-order valence-corrected chi connectivity index (χ4v) is 11.4. The minimum Gasteiger partial charge on any atom is -0.312 e. The number of rotatable bonds is 14. The molecule has 4 aliphatic carbocycles. The van der Waals surface area contributed by atoms with Gasteiger partial charge in [-0.15, -0.1) is 0 Å². The lowest BCUT2D eigenvalue weighted by Gasteiger charge is -2.45. The molecule has 74 heavy (non-hydrogen) atoms. The molecule has 12 heteroatoms. The van der Waals surface area contributed by atoms with Crippen molar-refractivity contribution in [1.29, 1.82) is 0 Å². The van der Waals surface area contributed by atoms with Crippen LogP contribution in [0.4, 0.5) is 0 Å². The van der Waals surface area contributed by atoms with Crippen LogP contribution < -0.4 is 10.6 Å². The molecule has 0 spiro atoms. The van der Waals surface area contributed by atoms with Crippen molar-refractivity contribution in [1.82, 2.24) is 59.6 Å². The van der Waals surface area contributed by atoms with E-state index in [1.165, 1.54) is 96.4 Å². The summed E-state index contributed by atoms with van der Waals surface area (Å²) in [5, 5.41) is 24.9. The second kappa shape index (κ2) is 21.4. The van der Waals surface area contributed by atoms with Gasteiger partial charge in [0, 0.05) is 112 Å². The van der Waals surface area contributed by atoms with Crippen molar-refractivity contribution < 1.29 is 0 Å². The third kappa shape index (κ3) is 10.7. The second-order valence-electron chi connectivity index (χ2n) is 22.2. The molecule has 8 fully saturated rings. The largest absolute Gasteiger partial charge is 0.312 e. The van der Waals surface area contributed by atoms with Crippen molar-refractivity contribution in [2.24, 2.45) is 0 Å². The standard InChI is InChI=1S/2C22H23N3.2C9H13N3/c1-3-7-18(8-4-1)22(19-9-5-2-6-10-19)24-15-20(16-24)25-14-13-21(23-25)17-11-12-17;1-3-7-18(8-4-1)22(19-9-5-2-6-10-19)24-15-20(16-24)25-21(13-14-23-25)17-11-12-17;1-2-7(1)9-3-4-12(11-9)8-5-10-6-8;1-2-7(1)9-3-4-11-12(9)8-5-10-6-8/h2*1-10,13-14,17,20,22H,11-12,15-16H2;2*3-4,7-8,10H,1-2,5-6H2. The van der Waals surface area contributed by atoms with Gasteiger partial charge >= 0.3 is 0 Å². The highest BCUT2D eigenvalue weighted by molar-refractivity contribution is 5.34. The molecule has 4 saturated carbocycles. The average Bonchev–Trinajstić information content (AvgIpc) is 4.29. The number of hydrogen-bond donors (Lipinski definition) is 2. The Morgan fingerprint density at radius 2 is 0.716 bits per heavy atom. The summed E-state index contributed by atoms with van der Waals surface area (Å²) in [6, 6.07) is 55.1. The van der Waals surface area contributed by atoms with E-state index in [0.29, 0.717) is 36.3 Å². The summed E-state index contributed by atoms with van der Waals surface area (Å²) in [4.78, 5) is 5.14. The van der Waals surface area contributed by atoms with Gasteiger partial charge in [-0.25, -0.2) is 0 Å². The molecule has 0 unspecified atom stereocenters. The van der Waals surface area contributed by atoms with Crippen LogP contribution in [0.2, 0.25) is 0 Å². The van der Waals surface area contributed by atoms with Crippen molar-refractivity contribution in [2.75, 3.05) is 52.4 Å². The molecule has 12 nitrogen and oxygen atoms in total. The zero-order valence-corrected chi connectivity index (χ0v) is 42.7. The van der Waals surface area contributed by atoms with Gasteiger partial charge in [-0.1, -0.05) is 121 Å². The quantitative estimate of drug-likeness (QED) is 0.111. The molecule has 0 bridgehead atoms. The Bertz CT molecular complexity index is 2920. The first-order valence-corrected chi connectivity index (χ1v) is 27.9. The van der Waals surface area contributed by atoms with Gasteiger partial charge in [0.05, 0.1) is 47.6 Å². The Morgan fingerprint density at radius 1 is 0.365 bits per heavy atom. The minimum atomic E-state index is 0.331. The van der Waals surface area contributed by atoms with Gasteiger partial charge in [-0.2, -0.15) is 20.4 Å². The number of likely N-dealkylation sites (tertiary alicyclic amines) is 2. The Morgan fingerprint density at radius 3 is 1.07 bits per heavy atom. The maximum Gasteiger partial charge on any atom is 0.0776 e. The van der Waals surface area contributed by atoms with Gasteiger partial charge < -0.3 is 10.6 Å². The molecule has 4 aromatic carbocycles. The SMILES string of the molecule is c1cc(C2CC2)n(C2CNC2)n1.c1ccc(C(c2ccccc2)N2CC(n3ccc(C4CC4)n3)C2)cc1.c1ccc(C(c2ccccc2)N2CC(n3nccc3C3CC3)C2)cc1.c1cn(C2CNC2)nc1C1CC1. The molecule has 8 aromatic rings. The van der Waals surface area contributed by atoms with E-state index in [2.05, 4.69) is 212 Å². The number of nitrogens with one attached hydrogen (secondary N) is 2. The highest BCUT2D eigenvalue weighted by Crippen LogP contribution is 2.44. The van der Waals surface area contributed by atoms with Crippen LogP contribution in [0.1, 0.15) is 156 Å². The van der Waals surface area contributed by atoms with Gasteiger partial charge in [-0.05, 0) is 97.9 Å². The summed E-state index contributed by atoms with van der Waals surface area (Å²) in [7, 11) is 0. The minimum absolute atomic E-state index is 0.331. The van der Waals surface area contributed by atoms with Gasteiger partial charge in [0.15, 0.2) is 0 Å². The van der Waals surface area contributed by atoms with E-state index in [1.807, 2.05) is 12.4 Å². The molecule has 4 aromatic heterocycles. The van der Waals surface area contributed by atoms with Crippen molar-refractivity contribution in [2.45, 2.75) is 111 Å². The van der Waals surface area contributed by atoms with Gasteiger partial charge in [0.25, 0.3) is 0 Å². The normalized spacial score (nSPS) is 20.2. The number of aromatic nitrogens is 8. The summed E-state index contributed by atoms with van der Waals surface area (Å²) >= 11 is 0. The number of benzene rings is 4. The van der Waals surface area contributed by atoms with E-state index in [4.69, 9.17) is 5.10 Å². The van der Waals surface area contributed by atoms with E-state index >= 15 is 0 Å². The Kier molecular flexibility index (Phi) is 13.7. The zero-order chi connectivity index (χ0) is 49.2. The molecule has 4 saturated heterocycles. The van der Waals surface area contributed by atoms with Crippen LogP contribution in [0.3, 0.4) is 0 Å². The van der Waals surface area contributed by atoms with Crippen LogP contribution in [0.25, 0.3) is 0 Å². The van der Waals surface area contributed by atoms with Gasteiger partial charge in [0.1, 0.15) is 0 Å². The summed E-state index contributed by atoms with van der Waals surface area (Å²) in [5.41, 5.74) is 11.0. The van der Waals surface area contributed by atoms with Crippen molar-refractivity contribution >= 4 is 0 Å². The molecule has 8 aliphatic rings. The van der Waals surface area contributed by atoms with Gasteiger partial charge in [0.2, 0.25) is 0 Å². The second-order valence-corrected chi connectivity index (χ2v) is 22.2. The molecule has 2 N–H and O–H groups in total. The third-order valence-corrected chi connectivity index (χ3v) is 16.6. The van der Waals surface area contributed by atoms with Crippen LogP contribution in [-0.2, 0) is 0 Å². The maximum absolute atomic E-state index is 4.82. The monoisotopic (exact) mass is 985 g/mol. The maximum atomic E-state index is 4.82. The van der Waals surface area contributed by atoms with Crippen LogP contribution >= 0.6 is 0 Å². The Hall–Kier alpha value is -6.44. The predicted octanol–water partition coefficient (Wildman–Crippen LogP) is 10.6. The van der Waals surface area contributed by atoms with Crippen molar-refractivity contribution in [3.8, 4) is 0 Å². The summed E-state index contributed by atoms with van der Waals surface area (Å²) < 4.78 is 8.82. The molecule has 0 amide bonds. The number of hydrogen-bond acceptors (Lipinski definition) is 8. The van der Waals surface area contributed by atoms with Gasteiger partial charge in [-0.3, -0.25) is 28.5 Å². The fourth-order valence-electron chi connectivity index (χ4n) is 11.4. The smallest absolute Gasteiger partial charge is 0.0776 e. The zero-order valence-electron chi connectivity index (χ0n) is 42.7. The van der Waals surface area contributed by atoms with E-state index in [0.717, 1.165) is 76.0 Å². The summed E-state index contributed by atoms with van der Waals surface area (Å²) in [5.74, 6) is 3.11. The predicted molar refractivity (Wildman–Crippen MR) is 291 cm³/mol. The molecular formula is C62H72N12. The number of nitrogens with zero attached hydrogens (tertiary/aromatic N) is 10. The third-order valence-electron chi connectivity index (χ3n) is 16.6. The Labute approximate surface area is 436 Å². The fraction of sp³-hybridized carbons (Fsp3) is 0.419. The first-order valence-electron chi connectivity index (χ1n) is 27.9. The molecule has 16 rings (SSSR count). The van der Waals surface area contributed by atoms with E-state index in [1.54, 1.807) is 0 Å². The van der Waals surface area contributed by atoms with Crippen LogP contribution in [0.15, 0.2) is 170 Å². The van der Waals surface area contributed by atoms with Crippen LogP contribution in [0.5, 0.6) is 0 Å². The lowest BCUT2D eigenvalue weighted by Crippen LogP contribution is -2.50.